The Morgan fingerprint density at radius 2 is 2.17 bits per heavy atom. The molecule has 2 rings (SSSR count). The molecule has 0 radical (unpaired) electrons. The standard InChI is InChI=1S/C12H13ClN4O7/c13-6-3-5(17(21)22)1-2-7(6)23-12-9(15-16-14)11(20)10(19)8(4-18)24-12/h1-3,8-12,18-20H,4H2/t8?,9?,10-,11+,12+/m0/s1. The van der Waals surface area contributed by atoms with E-state index in [-0.39, 0.29) is 16.5 Å². The third-order valence-electron chi connectivity index (χ3n) is 3.40. The van der Waals surface area contributed by atoms with Crippen molar-refractivity contribution in [1.82, 2.24) is 0 Å². The summed E-state index contributed by atoms with van der Waals surface area (Å²) in [6.45, 7) is -0.616. The van der Waals surface area contributed by atoms with Gasteiger partial charge < -0.3 is 24.8 Å². The monoisotopic (exact) mass is 360 g/mol. The van der Waals surface area contributed by atoms with E-state index in [2.05, 4.69) is 10.0 Å². The number of non-ortho nitro benzene ring substituents is 1. The fraction of sp³-hybridized carbons (Fsp3) is 0.500. The van der Waals surface area contributed by atoms with Gasteiger partial charge in [0.2, 0.25) is 6.29 Å². The quantitative estimate of drug-likeness (QED) is 0.228. The minimum atomic E-state index is -1.55. The highest BCUT2D eigenvalue weighted by atomic mass is 35.5. The van der Waals surface area contributed by atoms with Crippen LogP contribution in [0.2, 0.25) is 5.02 Å². The lowest BCUT2D eigenvalue weighted by Gasteiger charge is -2.40. The van der Waals surface area contributed by atoms with Crippen LogP contribution < -0.4 is 4.74 Å². The highest BCUT2D eigenvalue weighted by Crippen LogP contribution is 2.32. The SMILES string of the molecule is [N-]=[N+]=NC1[C@H](Oc2ccc([N+](=O)[O-])cc2Cl)OC(CO)[C@H](O)[C@@H]1O. The van der Waals surface area contributed by atoms with Crippen LogP contribution in [0.25, 0.3) is 10.4 Å². The van der Waals surface area contributed by atoms with Crippen LogP contribution in [0.5, 0.6) is 5.75 Å². The predicted molar refractivity (Wildman–Crippen MR) is 79.4 cm³/mol. The average Bonchev–Trinajstić information content (AvgIpc) is 2.55. The molecule has 1 heterocycles. The second-order valence-corrected chi connectivity index (χ2v) is 5.30. The minimum Gasteiger partial charge on any atom is -0.463 e. The van der Waals surface area contributed by atoms with Crippen molar-refractivity contribution in [1.29, 1.82) is 0 Å². The molecule has 1 aliphatic rings. The first-order valence-electron chi connectivity index (χ1n) is 6.66. The zero-order valence-corrected chi connectivity index (χ0v) is 12.7. The summed E-state index contributed by atoms with van der Waals surface area (Å²) < 4.78 is 10.7. The Balaban J connectivity index is 2.27. The van der Waals surface area contributed by atoms with Crippen molar-refractivity contribution in [2.24, 2.45) is 5.11 Å². The van der Waals surface area contributed by atoms with Crippen molar-refractivity contribution in [3.63, 3.8) is 0 Å². The molecular weight excluding hydrogens is 348 g/mol. The Morgan fingerprint density at radius 1 is 1.46 bits per heavy atom. The van der Waals surface area contributed by atoms with Crippen LogP contribution in [0.15, 0.2) is 23.3 Å². The van der Waals surface area contributed by atoms with Crippen molar-refractivity contribution in [3.8, 4) is 5.75 Å². The van der Waals surface area contributed by atoms with Gasteiger partial charge in [0.1, 0.15) is 24.0 Å². The second kappa shape index (κ2) is 7.62. The number of azide groups is 1. The summed E-state index contributed by atoms with van der Waals surface area (Å²) in [5.41, 5.74) is 8.33. The first-order chi connectivity index (χ1) is 11.4. The van der Waals surface area contributed by atoms with E-state index in [0.717, 1.165) is 12.1 Å². The molecule has 0 aromatic heterocycles. The van der Waals surface area contributed by atoms with Crippen LogP contribution in [-0.2, 0) is 4.74 Å². The third kappa shape index (κ3) is 3.67. The largest absolute Gasteiger partial charge is 0.463 e. The van der Waals surface area contributed by atoms with Gasteiger partial charge in [-0.2, -0.15) is 0 Å². The summed E-state index contributed by atoms with van der Waals surface area (Å²) >= 11 is 5.90. The van der Waals surface area contributed by atoms with Gasteiger partial charge in [0.05, 0.1) is 22.7 Å². The molecule has 5 atom stereocenters. The number of nitrogens with zero attached hydrogens (tertiary/aromatic N) is 4. The van der Waals surface area contributed by atoms with E-state index >= 15 is 0 Å². The van der Waals surface area contributed by atoms with E-state index in [1.165, 1.54) is 6.07 Å². The van der Waals surface area contributed by atoms with E-state index in [4.69, 9.17) is 26.6 Å². The number of ether oxygens (including phenoxy) is 2. The molecule has 0 saturated carbocycles. The molecule has 24 heavy (non-hydrogen) atoms. The van der Waals surface area contributed by atoms with E-state index in [0.29, 0.717) is 0 Å². The van der Waals surface area contributed by atoms with Crippen LogP contribution in [-0.4, -0.2) is 57.5 Å². The van der Waals surface area contributed by atoms with Crippen LogP contribution >= 0.6 is 11.6 Å². The third-order valence-corrected chi connectivity index (χ3v) is 3.70. The van der Waals surface area contributed by atoms with Crippen LogP contribution in [0.4, 0.5) is 5.69 Å². The van der Waals surface area contributed by atoms with E-state index < -0.39 is 42.2 Å². The number of nitro benzene ring substituents is 1. The maximum atomic E-state index is 10.7. The Morgan fingerprint density at radius 3 is 2.71 bits per heavy atom. The fourth-order valence-corrected chi connectivity index (χ4v) is 2.39. The molecule has 0 aliphatic carbocycles. The van der Waals surface area contributed by atoms with Gasteiger partial charge in [0, 0.05) is 17.0 Å². The van der Waals surface area contributed by atoms with Crippen molar-refractivity contribution >= 4 is 17.3 Å². The summed E-state index contributed by atoms with van der Waals surface area (Å²) in [6, 6.07) is 2.08. The molecule has 1 saturated heterocycles. The first kappa shape index (κ1) is 18.2. The molecule has 0 spiro atoms. The molecule has 3 N–H and O–H groups in total. The number of hydrogen-bond acceptors (Lipinski definition) is 8. The lowest BCUT2D eigenvalue weighted by Crippen LogP contribution is -2.59. The number of halogens is 1. The van der Waals surface area contributed by atoms with Gasteiger partial charge in [-0.3, -0.25) is 10.1 Å². The summed E-state index contributed by atoms with van der Waals surface area (Å²) in [7, 11) is 0. The number of nitro groups is 1. The smallest absolute Gasteiger partial charge is 0.271 e. The van der Waals surface area contributed by atoms with Gasteiger partial charge >= 0.3 is 0 Å². The Kier molecular flexibility index (Phi) is 5.78. The van der Waals surface area contributed by atoms with Gasteiger partial charge in [0.15, 0.2) is 0 Å². The normalized spacial score (nSPS) is 29.6. The molecule has 1 fully saturated rings. The van der Waals surface area contributed by atoms with Gasteiger partial charge in [0.25, 0.3) is 5.69 Å². The van der Waals surface area contributed by atoms with Crippen molar-refractivity contribution in [2.45, 2.75) is 30.6 Å². The van der Waals surface area contributed by atoms with Crippen molar-refractivity contribution in [2.75, 3.05) is 6.61 Å². The fourth-order valence-electron chi connectivity index (χ4n) is 2.17. The number of aliphatic hydroxyl groups is 3. The van der Waals surface area contributed by atoms with E-state index in [1.54, 1.807) is 0 Å². The van der Waals surface area contributed by atoms with Crippen molar-refractivity contribution < 1.29 is 29.7 Å². The molecule has 0 amide bonds. The molecule has 2 unspecified atom stereocenters. The van der Waals surface area contributed by atoms with Crippen LogP contribution in [0.1, 0.15) is 0 Å². The highest BCUT2D eigenvalue weighted by molar-refractivity contribution is 6.32. The number of aliphatic hydroxyl groups excluding tert-OH is 3. The molecule has 1 aliphatic heterocycles. The van der Waals surface area contributed by atoms with Gasteiger partial charge in [-0.05, 0) is 11.6 Å². The summed E-state index contributed by atoms with van der Waals surface area (Å²) in [4.78, 5) is 12.6. The Hall–Kier alpha value is -2.14. The zero-order chi connectivity index (χ0) is 17.9. The number of hydrogen-bond donors (Lipinski definition) is 3. The maximum absolute atomic E-state index is 10.7. The number of benzene rings is 1. The number of rotatable bonds is 5. The summed E-state index contributed by atoms with van der Waals surface area (Å²) in [5.74, 6) is -0.0225. The second-order valence-electron chi connectivity index (χ2n) is 4.89. The molecule has 11 nitrogen and oxygen atoms in total. The molecule has 1 aromatic rings. The molecule has 1 aromatic carbocycles. The summed E-state index contributed by atoms with van der Waals surface area (Å²) in [6.07, 6.45) is -5.58. The van der Waals surface area contributed by atoms with Crippen molar-refractivity contribution in [3.05, 3.63) is 43.8 Å². The van der Waals surface area contributed by atoms with E-state index in [9.17, 15) is 25.4 Å². The lowest BCUT2D eigenvalue weighted by atomic mass is 9.98. The maximum Gasteiger partial charge on any atom is 0.271 e. The van der Waals surface area contributed by atoms with Crippen LogP contribution in [0.3, 0.4) is 0 Å². The van der Waals surface area contributed by atoms with Crippen LogP contribution in [0, 0.1) is 10.1 Å². The molecular formula is C12H13ClN4O7. The zero-order valence-electron chi connectivity index (χ0n) is 12.0. The van der Waals surface area contributed by atoms with Gasteiger partial charge in [-0.15, -0.1) is 0 Å². The Labute approximate surface area is 139 Å². The van der Waals surface area contributed by atoms with Gasteiger partial charge in [-0.25, -0.2) is 0 Å². The molecule has 12 heteroatoms. The predicted octanol–water partition coefficient (Wildman–Crippen LogP) is 0.745. The first-order valence-corrected chi connectivity index (χ1v) is 7.04. The van der Waals surface area contributed by atoms with Gasteiger partial charge in [-0.1, -0.05) is 16.7 Å². The van der Waals surface area contributed by atoms with E-state index in [1.807, 2.05) is 0 Å². The lowest BCUT2D eigenvalue weighted by molar-refractivity contribution is -0.384. The summed E-state index contributed by atoms with van der Waals surface area (Å²) in [5, 5.41) is 42.9. The molecule has 0 bridgehead atoms. The average molecular weight is 361 g/mol. The highest BCUT2D eigenvalue weighted by Gasteiger charge is 2.45. The topological polar surface area (TPSA) is 171 Å². The molecule has 130 valence electrons. The Bertz CT molecular complexity index is 669. The minimum absolute atomic E-state index is 0.0225.